The number of fused-ring (bicyclic) bond motifs is 4. The maximum atomic E-state index is 14.1. The first-order chi connectivity index (χ1) is 51.3. The van der Waals surface area contributed by atoms with Crippen LogP contribution >= 0.6 is 18.9 Å². The molecule has 2 aliphatic carbocycles. The number of thiazole rings is 1. The van der Waals surface area contributed by atoms with Crippen LogP contribution < -0.4 is 25.0 Å². The fourth-order valence-corrected chi connectivity index (χ4v) is 17.4. The van der Waals surface area contributed by atoms with Crippen molar-refractivity contribution in [3.05, 3.63) is 125 Å². The summed E-state index contributed by atoms with van der Waals surface area (Å²) < 4.78 is 44.3. The van der Waals surface area contributed by atoms with Crippen molar-refractivity contribution in [2.75, 3.05) is 68.2 Å². The van der Waals surface area contributed by atoms with Gasteiger partial charge in [0.05, 0.1) is 47.1 Å². The number of amides is 5. The van der Waals surface area contributed by atoms with Gasteiger partial charge in [0.15, 0.2) is 16.9 Å². The van der Waals surface area contributed by atoms with Crippen LogP contribution in [0.3, 0.4) is 0 Å². The minimum absolute atomic E-state index is 0.0334. The predicted molar refractivity (Wildman–Crippen MR) is 396 cm³/mol. The highest BCUT2D eigenvalue weighted by atomic mass is 32.1. The number of aromatic nitrogens is 4. The number of Topliss-reactive ketones (excluding diaryl/α,β-unsaturated/α-hetero) is 1. The number of aromatic carboxylic acids is 1. The molecule has 3 aliphatic heterocycles. The van der Waals surface area contributed by atoms with E-state index in [0.717, 1.165) is 52.1 Å². The lowest BCUT2D eigenvalue weighted by Gasteiger charge is -2.58. The lowest BCUT2D eigenvalue weighted by atomic mass is 9.51. The summed E-state index contributed by atoms with van der Waals surface area (Å²) in [4.78, 5) is 135. The number of ether oxygens (including phenoxy) is 5. The van der Waals surface area contributed by atoms with E-state index >= 15 is 0 Å². The van der Waals surface area contributed by atoms with Crippen LogP contribution in [0.25, 0.3) is 27.4 Å². The number of nitrogens with zero attached hydrogens (tertiary/aromatic N) is 7. The molecular formula is C76H92N9O21PS. The first-order valence-electron chi connectivity index (χ1n) is 36.1. The summed E-state index contributed by atoms with van der Waals surface area (Å²) in [6.07, 6.45) is 3.46. The largest absolute Gasteiger partial charge is 0.493 e. The third kappa shape index (κ3) is 19.8. The maximum absolute atomic E-state index is 14.1. The number of anilines is 3. The van der Waals surface area contributed by atoms with Gasteiger partial charge in [0.2, 0.25) is 12.2 Å². The van der Waals surface area contributed by atoms with Crippen LogP contribution in [0.2, 0.25) is 0 Å². The SMILES string of the molecule is Cc1c(-c2ccc(N3CCc4c(OCCCP(=O)(O)O)ccc(C(=O)Nc5nc6ccccc6s5)c4C3)nc2C(=O)O)cnn1CC1CC2(C)CC(C)(C)CC(OCCN(C)C(=O)OC/C=C/c3ccc(O[C@@H]4O[C@H](C(=O)O)[C@@H](O)[C@H](O)[C@H]4O)c(NC(=O)CCCC(=O)CCCCCN4C(=O)C=CC4=O)c3)(C1)C2. The second kappa shape index (κ2) is 34.1. The maximum Gasteiger partial charge on any atom is 0.409 e. The van der Waals surface area contributed by atoms with Crippen molar-refractivity contribution in [1.29, 1.82) is 0 Å². The summed E-state index contributed by atoms with van der Waals surface area (Å²) in [5.41, 5.74) is 3.82. The molecule has 32 heteroatoms. The fourth-order valence-electron chi connectivity index (χ4n) is 16.0. The lowest BCUT2D eigenvalue weighted by molar-refractivity contribution is -0.271. The monoisotopic (exact) mass is 1530 g/mol. The third-order valence-electron chi connectivity index (χ3n) is 20.3. The van der Waals surface area contributed by atoms with Crippen LogP contribution in [-0.4, -0.2) is 201 Å². The van der Waals surface area contributed by atoms with Gasteiger partial charge >= 0.3 is 25.6 Å². The van der Waals surface area contributed by atoms with E-state index in [2.05, 4.69) is 36.4 Å². The Hall–Kier alpha value is -9.30. The highest BCUT2D eigenvalue weighted by Crippen LogP contribution is 2.60. The fraction of sp³-hybridized carbons (Fsp3) is 0.487. The molecular weight excluding hydrogens is 1440 g/mol. The Balaban J connectivity index is 0.699. The summed E-state index contributed by atoms with van der Waals surface area (Å²) >= 11 is 1.34. The third-order valence-corrected chi connectivity index (χ3v) is 22.1. The first kappa shape index (κ1) is 79.7. The second-order valence-corrected chi connectivity index (χ2v) is 32.5. The standard InChI is InChI=1S/C76H92N9O21PS/c1-45-52(50-22-25-59(80-63(50)69(94)95)83-30-28-49-53(41-83)51(21-24-56(49)102-33-13-35-107(99,100)101)68(93)81-72-79-54-17-8-9-18-58(54)108-72)39-77-85(45)40-47-37-75(4)42-74(2,3)43-76(38-47,44-75)104-34-31-82(5)73(98)103-32-12-14-46-20-23-57(105-71-66(92)64(90)65(91)67(106-71)70(96)97)55(36-46)78-60(87)19-11-16-48(86)15-7-6-10-29-84-61(88)26-27-62(84)89/h8-9,12,14,17-18,20-27,36,39,47,64-67,71,90-92H,6-7,10-11,13,15-16,19,28-35,37-38,40-44H2,1-5H3,(H,78,87)(H,94,95)(H,96,97)(H,79,81,93)(H2,99,100,101)/b14-12+/t47?,64-,65-,66+,67-,71+,75?,76?/m0/s1. The van der Waals surface area contributed by atoms with Crippen molar-refractivity contribution in [3.8, 4) is 22.6 Å². The van der Waals surface area contributed by atoms with E-state index in [0.29, 0.717) is 89.7 Å². The quantitative estimate of drug-likeness (QED) is 0.0105. The Bertz CT molecular complexity index is 4440. The average Bonchev–Trinajstić information content (AvgIpc) is 0.818. The van der Waals surface area contributed by atoms with Crippen LogP contribution in [-0.2, 0) is 62.3 Å². The van der Waals surface area contributed by atoms with Gasteiger partial charge in [-0.15, -0.1) is 0 Å². The van der Waals surface area contributed by atoms with Crippen molar-refractivity contribution in [2.45, 2.75) is 167 Å². The minimum Gasteiger partial charge on any atom is -0.493 e. The number of para-hydroxylation sites is 1. The second-order valence-electron chi connectivity index (χ2n) is 29.7. The number of likely N-dealkylation sites (N-methyl/N-ethyl adjacent to an activating group) is 1. The number of ketones is 1. The molecule has 0 radical (unpaired) electrons. The molecule has 30 nitrogen and oxygen atoms in total. The van der Waals surface area contributed by atoms with Crippen molar-refractivity contribution in [3.63, 3.8) is 0 Å². The molecule has 8 atom stereocenters. The number of hydrogen-bond donors (Lipinski definition) is 9. The van der Waals surface area contributed by atoms with E-state index in [1.807, 2.05) is 40.8 Å². The van der Waals surface area contributed by atoms with Crippen LogP contribution in [0.1, 0.15) is 147 Å². The van der Waals surface area contributed by atoms with Crippen LogP contribution in [0, 0.1) is 23.7 Å². The zero-order valence-electron chi connectivity index (χ0n) is 60.8. The summed E-state index contributed by atoms with van der Waals surface area (Å²) in [7, 11) is -2.64. The number of nitrogens with one attached hydrogen (secondary N) is 2. The Labute approximate surface area is 627 Å². The number of carbonyl (C=O) groups excluding carboxylic acids is 6. The molecule has 3 unspecified atom stereocenters. The number of hydrogen-bond acceptors (Lipinski definition) is 22. The van der Waals surface area contributed by atoms with Crippen molar-refractivity contribution >= 4 is 99.3 Å². The van der Waals surface area contributed by atoms with Gasteiger partial charge in [0, 0.05) is 99.1 Å². The van der Waals surface area contributed by atoms with Crippen LogP contribution in [0.4, 0.5) is 21.4 Å². The number of pyridine rings is 1. The van der Waals surface area contributed by atoms with E-state index < -0.39 is 73.7 Å². The van der Waals surface area contributed by atoms with E-state index in [1.54, 1.807) is 55.7 Å². The number of rotatable bonds is 33. The number of aliphatic carboxylic acids is 1. The number of carbonyl (C=O) groups is 8. The van der Waals surface area contributed by atoms with Gasteiger partial charge in [-0.2, -0.15) is 5.10 Å². The van der Waals surface area contributed by atoms with Gasteiger partial charge in [-0.25, -0.2) is 24.4 Å². The summed E-state index contributed by atoms with van der Waals surface area (Å²) in [5, 5.41) is 62.9. The number of aliphatic hydroxyl groups is 3. The lowest BCUT2D eigenvalue weighted by Crippen LogP contribution is -2.61. The Kier molecular flexibility index (Phi) is 25.2. The zero-order valence-corrected chi connectivity index (χ0v) is 62.5. The molecule has 3 aromatic heterocycles. The van der Waals surface area contributed by atoms with E-state index in [-0.39, 0.29) is 129 Å². The first-order valence-corrected chi connectivity index (χ1v) is 38.7. The normalized spacial score (nSPS) is 22.5. The summed E-state index contributed by atoms with van der Waals surface area (Å²) in [5.74, 6) is -3.75. The minimum atomic E-state index is -4.25. The molecule has 6 heterocycles. The van der Waals surface area contributed by atoms with E-state index in [9.17, 15) is 78.2 Å². The molecule has 9 N–H and O–H groups in total. The van der Waals surface area contributed by atoms with Gasteiger partial charge in [-0.05, 0) is 154 Å². The number of carboxylic acids is 2. The molecule has 2 saturated carbocycles. The van der Waals surface area contributed by atoms with E-state index in [1.165, 1.54) is 40.5 Å². The number of benzene rings is 3. The Morgan fingerprint density at radius 2 is 1.57 bits per heavy atom. The number of aliphatic hydroxyl groups excluding tert-OH is 3. The van der Waals surface area contributed by atoms with Crippen LogP contribution in [0.15, 0.2) is 91.2 Å². The molecule has 5 amide bonds. The Morgan fingerprint density at radius 3 is 2.32 bits per heavy atom. The smallest absolute Gasteiger partial charge is 0.409 e. The Morgan fingerprint density at radius 1 is 0.815 bits per heavy atom. The molecule has 108 heavy (non-hydrogen) atoms. The molecule has 3 aromatic carbocycles. The van der Waals surface area contributed by atoms with Gasteiger partial charge in [-0.1, -0.05) is 62.8 Å². The van der Waals surface area contributed by atoms with Crippen molar-refractivity contribution < 1.29 is 102 Å². The van der Waals surface area contributed by atoms with Gasteiger partial charge < -0.3 is 74.1 Å². The number of imide groups is 1. The van der Waals surface area contributed by atoms with Crippen molar-refractivity contribution in [2.24, 2.45) is 16.7 Å². The molecule has 6 aromatic rings. The zero-order chi connectivity index (χ0) is 77.4. The summed E-state index contributed by atoms with van der Waals surface area (Å²) in [6, 6.07) is 18.8. The van der Waals surface area contributed by atoms with Crippen molar-refractivity contribution in [1.82, 2.24) is 29.5 Å². The highest BCUT2D eigenvalue weighted by Gasteiger charge is 2.55. The molecule has 578 valence electrons. The number of carboxylic acid groups (broad SMARTS) is 2. The van der Waals surface area contributed by atoms with Gasteiger partial charge in [0.25, 0.3) is 17.7 Å². The van der Waals surface area contributed by atoms with Gasteiger partial charge in [-0.3, -0.25) is 43.4 Å². The molecule has 3 fully saturated rings. The number of unbranched alkanes of at least 4 members (excludes halogenated alkanes) is 2. The molecule has 1 saturated heterocycles. The predicted octanol–water partition coefficient (Wildman–Crippen LogP) is 8.92. The van der Waals surface area contributed by atoms with Crippen LogP contribution in [0.5, 0.6) is 11.5 Å². The summed E-state index contributed by atoms with van der Waals surface area (Å²) in [6.45, 7) is 10.3. The van der Waals surface area contributed by atoms with Gasteiger partial charge in [0.1, 0.15) is 48.0 Å². The molecule has 5 aliphatic rings. The molecule has 0 spiro atoms. The molecule has 11 rings (SSSR count). The highest BCUT2D eigenvalue weighted by molar-refractivity contribution is 7.51. The van der Waals surface area contributed by atoms with E-state index in [4.69, 9.17) is 33.8 Å². The molecule has 2 bridgehead atoms. The average molecular weight is 1530 g/mol. The topological polar surface area (TPSA) is 419 Å².